The van der Waals surface area contributed by atoms with E-state index in [9.17, 15) is 0 Å². The van der Waals surface area contributed by atoms with Gasteiger partial charge in [-0.2, -0.15) is 0 Å². The van der Waals surface area contributed by atoms with E-state index in [1.54, 1.807) is 0 Å². The van der Waals surface area contributed by atoms with Crippen molar-refractivity contribution in [3.8, 4) is 0 Å². The molecule has 2 rings (SSSR count). The molecule has 0 saturated carbocycles. The predicted octanol–water partition coefficient (Wildman–Crippen LogP) is 0.0643. The summed E-state index contributed by atoms with van der Waals surface area (Å²) in [6.45, 7) is 5.27. The highest BCUT2D eigenvalue weighted by molar-refractivity contribution is 5.89. The summed E-state index contributed by atoms with van der Waals surface area (Å²) in [5.41, 5.74) is 0. The summed E-state index contributed by atoms with van der Waals surface area (Å²) in [7, 11) is 2.16. The van der Waals surface area contributed by atoms with Crippen LogP contribution >= 0.6 is 0 Å². The fourth-order valence-electron chi connectivity index (χ4n) is 1.60. The van der Waals surface area contributed by atoms with Crippen molar-refractivity contribution in [2.75, 3.05) is 39.8 Å². The van der Waals surface area contributed by atoms with Crippen LogP contribution in [0.1, 0.15) is 6.42 Å². The van der Waals surface area contributed by atoms with E-state index in [1.165, 1.54) is 0 Å². The van der Waals surface area contributed by atoms with E-state index >= 15 is 0 Å². The van der Waals surface area contributed by atoms with Crippen molar-refractivity contribution in [3.63, 3.8) is 0 Å². The average Bonchev–Trinajstić information content (AvgIpc) is 2.20. The fraction of sp³-hybridized carbons (Fsp3) is 0.778. The molecule has 0 N–H and O–H groups in total. The lowest BCUT2D eigenvalue weighted by atomic mass is 10.3. The van der Waals surface area contributed by atoms with E-state index in [0.29, 0.717) is 0 Å². The summed E-state index contributed by atoms with van der Waals surface area (Å²) in [5.74, 6) is 0.944. The van der Waals surface area contributed by atoms with Crippen molar-refractivity contribution < 1.29 is 0 Å². The zero-order valence-corrected chi connectivity index (χ0v) is 8.11. The molecule has 0 aromatic heterocycles. The molecular weight excluding hydrogens is 164 g/mol. The Bertz CT molecular complexity index is 226. The van der Waals surface area contributed by atoms with Crippen LogP contribution in [-0.4, -0.2) is 61.7 Å². The Labute approximate surface area is 79.0 Å². The minimum atomic E-state index is 0.908. The van der Waals surface area contributed by atoms with Gasteiger partial charge < -0.3 is 9.80 Å². The molecule has 13 heavy (non-hydrogen) atoms. The second-order valence-electron chi connectivity index (χ2n) is 3.57. The maximum absolute atomic E-state index is 4.40. The molecular formula is C9H16N4. The number of nitrogens with zero attached hydrogens (tertiary/aromatic N) is 4. The lowest BCUT2D eigenvalue weighted by Gasteiger charge is -2.33. The monoisotopic (exact) mass is 180 g/mol. The van der Waals surface area contributed by atoms with Gasteiger partial charge in [0.15, 0.2) is 0 Å². The molecule has 0 atom stereocenters. The van der Waals surface area contributed by atoms with E-state index in [4.69, 9.17) is 0 Å². The minimum absolute atomic E-state index is 0.908. The van der Waals surface area contributed by atoms with E-state index in [0.717, 1.165) is 45.1 Å². The molecule has 0 bridgehead atoms. The van der Waals surface area contributed by atoms with Crippen LogP contribution in [0.4, 0.5) is 0 Å². The van der Waals surface area contributed by atoms with E-state index < -0.39 is 0 Å². The van der Waals surface area contributed by atoms with Gasteiger partial charge in [-0.15, -0.1) is 0 Å². The zero-order valence-electron chi connectivity index (χ0n) is 8.11. The summed E-state index contributed by atoms with van der Waals surface area (Å²) in [4.78, 5) is 13.3. The van der Waals surface area contributed by atoms with E-state index in [2.05, 4.69) is 26.8 Å². The zero-order chi connectivity index (χ0) is 9.10. The number of likely N-dealkylation sites (N-methyl/N-ethyl adjacent to an activating group) is 1. The molecule has 2 aliphatic heterocycles. The van der Waals surface area contributed by atoms with Crippen LogP contribution in [0.25, 0.3) is 0 Å². The Balaban J connectivity index is 1.94. The molecule has 0 amide bonds. The van der Waals surface area contributed by atoms with Crippen LogP contribution < -0.4 is 0 Å². The smallest absolute Gasteiger partial charge is 0.220 e. The third-order valence-corrected chi connectivity index (χ3v) is 2.50. The number of guanidine groups is 1. The first-order chi connectivity index (χ1) is 6.36. The van der Waals surface area contributed by atoms with E-state index in [1.807, 2.05) is 6.21 Å². The van der Waals surface area contributed by atoms with Crippen molar-refractivity contribution in [1.82, 2.24) is 9.80 Å². The van der Waals surface area contributed by atoms with Crippen LogP contribution in [0.2, 0.25) is 0 Å². The summed E-state index contributed by atoms with van der Waals surface area (Å²) in [6.07, 6.45) is 2.97. The van der Waals surface area contributed by atoms with Gasteiger partial charge >= 0.3 is 0 Å². The summed E-state index contributed by atoms with van der Waals surface area (Å²) in [6, 6.07) is 0. The largest absolute Gasteiger partial charge is 0.339 e. The first-order valence-electron chi connectivity index (χ1n) is 4.87. The number of piperazine rings is 1. The summed E-state index contributed by atoms with van der Waals surface area (Å²) < 4.78 is 0. The SMILES string of the molecule is CN1CCN(C2=NCCC=N2)CC1. The predicted molar refractivity (Wildman–Crippen MR) is 54.5 cm³/mol. The standard InChI is InChI=1S/C9H16N4/c1-12-5-7-13(8-6-12)9-10-3-2-4-11-9/h3H,2,4-8H2,1H3. The van der Waals surface area contributed by atoms with Gasteiger partial charge in [0.1, 0.15) is 0 Å². The Morgan fingerprint density at radius 1 is 1.23 bits per heavy atom. The van der Waals surface area contributed by atoms with Crippen molar-refractivity contribution in [2.45, 2.75) is 6.42 Å². The topological polar surface area (TPSA) is 31.2 Å². The van der Waals surface area contributed by atoms with Crippen molar-refractivity contribution in [1.29, 1.82) is 0 Å². The van der Waals surface area contributed by atoms with Gasteiger partial charge in [-0.3, -0.25) is 4.99 Å². The van der Waals surface area contributed by atoms with Crippen molar-refractivity contribution in [3.05, 3.63) is 0 Å². The van der Waals surface area contributed by atoms with Crippen LogP contribution in [0.3, 0.4) is 0 Å². The fourth-order valence-corrected chi connectivity index (χ4v) is 1.60. The third-order valence-electron chi connectivity index (χ3n) is 2.50. The molecule has 0 aromatic rings. The Kier molecular flexibility index (Phi) is 2.59. The maximum Gasteiger partial charge on any atom is 0.220 e. The van der Waals surface area contributed by atoms with Crippen LogP contribution in [0.5, 0.6) is 0 Å². The first kappa shape index (κ1) is 8.69. The number of hydrogen-bond donors (Lipinski definition) is 0. The van der Waals surface area contributed by atoms with Gasteiger partial charge in [0.05, 0.1) is 0 Å². The van der Waals surface area contributed by atoms with Crippen LogP contribution in [0, 0.1) is 0 Å². The summed E-state index contributed by atoms with van der Waals surface area (Å²) >= 11 is 0. The van der Waals surface area contributed by atoms with Gasteiger partial charge in [0, 0.05) is 45.4 Å². The highest BCUT2D eigenvalue weighted by atomic mass is 15.3. The summed E-state index contributed by atoms with van der Waals surface area (Å²) in [5, 5.41) is 0. The molecule has 0 radical (unpaired) electrons. The first-order valence-corrected chi connectivity index (χ1v) is 4.87. The Morgan fingerprint density at radius 2 is 2.00 bits per heavy atom. The second-order valence-corrected chi connectivity index (χ2v) is 3.57. The molecule has 0 spiro atoms. The Hall–Kier alpha value is -0.900. The molecule has 4 heteroatoms. The molecule has 72 valence electrons. The molecule has 1 fully saturated rings. The molecule has 2 heterocycles. The normalized spacial score (nSPS) is 24.7. The second kappa shape index (κ2) is 3.87. The van der Waals surface area contributed by atoms with Gasteiger partial charge in [-0.25, -0.2) is 4.99 Å². The molecule has 0 unspecified atom stereocenters. The maximum atomic E-state index is 4.40. The highest BCUT2D eigenvalue weighted by Crippen LogP contribution is 2.04. The van der Waals surface area contributed by atoms with E-state index in [-0.39, 0.29) is 0 Å². The molecule has 2 aliphatic rings. The lowest BCUT2D eigenvalue weighted by Crippen LogP contribution is -2.47. The Morgan fingerprint density at radius 3 is 2.62 bits per heavy atom. The highest BCUT2D eigenvalue weighted by Gasteiger charge is 2.17. The number of hydrogen-bond acceptors (Lipinski definition) is 4. The van der Waals surface area contributed by atoms with Crippen LogP contribution in [0.15, 0.2) is 9.98 Å². The minimum Gasteiger partial charge on any atom is -0.339 e. The van der Waals surface area contributed by atoms with Crippen molar-refractivity contribution >= 4 is 12.2 Å². The third kappa shape index (κ3) is 2.06. The van der Waals surface area contributed by atoms with Gasteiger partial charge in [-0.05, 0) is 7.05 Å². The average molecular weight is 180 g/mol. The number of aliphatic imine (C=N–C) groups is 2. The van der Waals surface area contributed by atoms with Gasteiger partial charge in [0.2, 0.25) is 5.96 Å². The van der Waals surface area contributed by atoms with Gasteiger partial charge in [0.25, 0.3) is 0 Å². The van der Waals surface area contributed by atoms with Gasteiger partial charge in [-0.1, -0.05) is 0 Å². The molecule has 4 nitrogen and oxygen atoms in total. The molecule has 0 aliphatic carbocycles. The molecule has 1 saturated heterocycles. The molecule has 0 aromatic carbocycles. The number of rotatable bonds is 0. The quantitative estimate of drug-likeness (QED) is 0.528. The lowest BCUT2D eigenvalue weighted by molar-refractivity contribution is 0.214. The van der Waals surface area contributed by atoms with Crippen LogP contribution in [-0.2, 0) is 0 Å². The van der Waals surface area contributed by atoms with Crippen molar-refractivity contribution in [2.24, 2.45) is 9.98 Å².